The molecule has 4 heteroatoms. The SMILES string of the molecule is CNC(/N=C/c1cccc(-c2ccccc2)c1)c1cccc(Nc2cc(Nc3ccccc3)c(-c3ccccc3)cc2-c2ccccc2)c1. The highest BCUT2D eigenvalue weighted by molar-refractivity contribution is 5.93. The van der Waals surface area contributed by atoms with E-state index in [0.717, 1.165) is 56.1 Å². The maximum Gasteiger partial charge on any atom is 0.125 e. The predicted octanol–water partition coefficient (Wildman–Crippen LogP) is 11.5. The zero-order valence-corrected chi connectivity index (χ0v) is 27.4. The molecule has 0 saturated heterocycles. The summed E-state index contributed by atoms with van der Waals surface area (Å²) in [4.78, 5) is 4.96. The van der Waals surface area contributed by atoms with E-state index in [1.807, 2.05) is 37.5 Å². The van der Waals surface area contributed by atoms with Gasteiger partial charge in [-0.3, -0.25) is 10.3 Å². The van der Waals surface area contributed by atoms with Crippen molar-refractivity contribution in [2.45, 2.75) is 6.17 Å². The van der Waals surface area contributed by atoms with Gasteiger partial charge in [-0.1, -0.05) is 140 Å². The summed E-state index contributed by atoms with van der Waals surface area (Å²) in [6.45, 7) is 0. The van der Waals surface area contributed by atoms with E-state index < -0.39 is 0 Å². The Hall–Kier alpha value is -6.23. The summed E-state index contributed by atoms with van der Waals surface area (Å²) in [7, 11) is 1.94. The minimum absolute atomic E-state index is 0.216. The van der Waals surface area contributed by atoms with Crippen LogP contribution in [0.4, 0.5) is 22.7 Å². The van der Waals surface area contributed by atoms with Crippen molar-refractivity contribution in [1.29, 1.82) is 0 Å². The Bertz CT molecular complexity index is 2140. The molecule has 1 atom stereocenters. The van der Waals surface area contributed by atoms with Crippen molar-refractivity contribution in [3.8, 4) is 33.4 Å². The van der Waals surface area contributed by atoms with Crippen LogP contribution in [-0.4, -0.2) is 13.3 Å². The minimum atomic E-state index is -0.216. The molecule has 0 amide bonds. The van der Waals surface area contributed by atoms with Crippen LogP contribution in [0.3, 0.4) is 0 Å². The number of anilines is 4. The van der Waals surface area contributed by atoms with Crippen LogP contribution < -0.4 is 16.0 Å². The van der Waals surface area contributed by atoms with E-state index in [0.29, 0.717) is 0 Å². The van der Waals surface area contributed by atoms with Gasteiger partial charge in [-0.2, -0.15) is 0 Å². The molecule has 0 radical (unpaired) electrons. The van der Waals surface area contributed by atoms with Gasteiger partial charge in [0.1, 0.15) is 6.17 Å². The number of hydrogen-bond acceptors (Lipinski definition) is 4. The number of rotatable bonds is 11. The molecule has 7 aromatic rings. The van der Waals surface area contributed by atoms with Crippen LogP contribution in [0.25, 0.3) is 33.4 Å². The summed E-state index contributed by atoms with van der Waals surface area (Å²) in [5.74, 6) is 0. The third-order valence-corrected chi connectivity index (χ3v) is 8.50. The Labute approximate surface area is 288 Å². The zero-order valence-electron chi connectivity index (χ0n) is 27.4. The molecule has 0 fully saturated rings. The van der Waals surface area contributed by atoms with Gasteiger partial charge in [0.15, 0.2) is 0 Å². The largest absolute Gasteiger partial charge is 0.355 e. The molecule has 49 heavy (non-hydrogen) atoms. The maximum atomic E-state index is 4.96. The second-order valence-electron chi connectivity index (χ2n) is 11.9. The molecule has 7 rings (SSSR count). The normalized spacial score (nSPS) is 11.7. The van der Waals surface area contributed by atoms with Crippen LogP contribution >= 0.6 is 0 Å². The van der Waals surface area contributed by atoms with Gasteiger partial charge in [0.05, 0.1) is 0 Å². The second-order valence-corrected chi connectivity index (χ2v) is 11.9. The molecule has 0 aliphatic heterocycles. The molecular weight excluding hydrogens is 597 g/mol. The summed E-state index contributed by atoms with van der Waals surface area (Å²) < 4.78 is 0. The molecule has 0 saturated carbocycles. The molecule has 3 N–H and O–H groups in total. The Morgan fingerprint density at radius 2 is 0.959 bits per heavy atom. The highest BCUT2D eigenvalue weighted by Crippen LogP contribution is 2.41. The van der Waals surface area contributed by atoms with Crippen LogP contribution in [-0.2, 0) is 0 Å². The lowest BCUT2D eigenvalue weighted by molar-refractivity contribution is 0.628. The zero-order chi connectivity index (χ0) is 33.3. The van der Waals surface area contributed by atoms with E-state index in [2.05, 4.69) is 174 Å². The Kier molecular flexibility index (Phi) is 9.68. The van der Waals surface area contributed by atoms with Crippen LogP contribution in [0.15, 0.2) is 187 Å². The smallest absolute Gasteiger partial charge is 0.125 e. The third kappa shape index (κ3) is 7.68. The summed E-state index contributed by atoms with van der Waals surface area (Å²) in [5, 5.41) is 10.9. The molecule has 0 heterocycles. The number of nitrogens with one attached hydrogen (secondary N) is 3. The van der Waals surface area contributed by atoms with Crippen LogP contribution in [0.1, 0.15) is 17.3 Å². The van der Waals surface area contributed by atoms with E-state index in [4.69, 9.17) is 4.99 Å². The summed E-state index contributed by atoms with van der Waals surface area (Å²) in [5.41, 5.74) is 13.0. The Balaban J connectivity index is 1.23. The van der Waals surface area contributed by atoms with Crippen molar-refractivity contribution in [3.63, 3.8) is 0 Å². The first-order chi connectivity index (χ1) is 24.2. The van der Waals surface area contributed by atoms with Gasteiger partial charge in [0.2, 0.25) is 0 Å². The molecule has 0 spiro atoms. The van der Waals surface area contributed by atoms with E-state index in [1.54, 1.807) is 0 Å². The van der Waals surface area contributed by atoms with Gasteiger partial charge in [-0.15, -0.1) is 0 Å². The number of benzene rings is 7. The molecule has 0 bridgehead atoms. The van der Waals surface area contributed by atoms with Gasteiger partial charge in [-0.25, -0.2) is 0 Å². The summed E-state index contributed by atoms with van der Waals surface area (Å²) >= 11 is 0. The lowest BCUT2D eigenvalue weighted by Crippen LogP contribution is -2.14. The first-order valence-electron chi connectivity index (χ1n) is 16.6. The number of hydrogen-bond donors (Lipinski definition) is 3. The Morgan fingerprint density at radius 1 is 0.449 bits per heavy atom. The van der Waals surface area contributed by atoms with Crippen molar-refractivity contribution >= 4 is 29.0 Å². The topological polar surface area (TPSA) is 48.5 Å². The highest BCUT2D eigenvalue weighted by Gasteiger charge is 2.15. The van der Waals surface area contributed by atoms with Crippen molar-refractivity contribution in [3.05, 3.63) is 193 Å². The summed E-state index contributed by atoms with van der Waals surface area (Å²) in [6, 6.07) is 63.3. The molecule has 0 aliphatic rings. The first-order valence-corrected chi connectivity index (χ1v) is 16.6. The fourth-order valence-corrected chi connectivity index (χ4v) is 6.06. The van der Waals surface area contributed by atoms with Gasteiger partial charge in [0, 0.05) is 40.1 Å². The van der Waals surface area contributed by atoms with Crippen LogP contribution in [0.2, 0.25) is 0 Å². The maximum absolute atomic E-state index is 4.96. The third-order valence-electron chi connectivity index (χ3n) is 8.50. The number of para-hydroxylation sites is 1. The highest BCUT2D eigenvalue weighted by atomic mass is 15.0. The average molecular weight is 635 g/mol. The molecule has 7 aromatic carbocycles. The van der Waals surface area contributed by atoms with Crippen molar-refractivity contribution in [2.75, 3.05) is 17.7 Å². The van der Waals surface area contributed by atoms with Crippen LogP contribution in [0, 0.1) is 0 Å². The quantitative estimate of drug-likeness (QED) is 0.124. The molecule has 0 aliphatic carbocycles. The van der Waals surface area contributed by atoms with E-state index in [9.17, 15) is 0 Å². The number of aliphatic imine (C=N–C) groups is 1. The standard InChI is InChI=1S/C45H38N4/c1-46-45(47-32-33-16-14-23-37(28-33)34-17-6-2-7-18-34)38-24-15-27-40(29-38)49-44-31-43(48-39-25-12-5-13-26-39)41(35-19-8-3-9-20-35)30-42(44)36-21-10-4-11-22-36/h2-32,45-46,48-49H,1H3/b47-32+. The fraction of sp³-hybridized carbons (Fsp3) is 0.0444. The first kappa shape index (κ1) is 31.4. The van der Waals surface area contributed by atoms with E-state index in [-0.39, 0.29) is 6.17 Å². The monoisotopic (exact) mass is 634 g/mol. The molecule has 0 aromatic heterocycles. The van der Waals surface area contributed by atoms with Crippen molar-refractivity contribution in [2.24, 2.45) is 4.99 Å². The van der Waals surface area contributed by atoms with Crippen LogP contribution in [0.5, 0.6) is 0 Å². The lowest BCUT2D eigenvalue weighted by atomic mass is 9.95. The van der Waals surface area contributed by atoms with Crippen molar-refractivity contribution in [1.82, 2.24) is 5.32 Å². The average Bonchev–Trinajstić information content (AvgIpc) is 3.17. The molecule has 238 valence electrons. The lowest BCUT2D eigenvalue weighted by Gasteiger charge is -2.20. The molecular formula is C45H38N4. The van der Waals surface area contributed by atoms with E-state index >= 15 is 0 Å². The van der Waals surface area contributed by atoms with E-state index in [1.165, 1.54) is 11.1 Å². The fourth-order valence-electron chi connectivity index (χ4n) is 6.06. The second kappa shape index (κ2) is 15.1. The minimum Gasteiger partial charge on any atom is -0.355 e. The van der Waals surface area contributed by atoms with Gasteiger partial charge in [0.25, 0.3) is 0 Å². The molecule has 1 unspecified atom stereocenters. The number of nitrogens with zero attached hydrogens (tertiary/aromatic N) is 1. The van der Waals surface area contributed by atoms with Gasteiger partial charge in [-0.05, 0) is 82.9 Å². The van der Waals surface area contributed by atoms with Gasteiger partial charge < -0.3 is 10.6 Å². The molecule has 4 nitrogen and oxygen atoms in total. The predicted molar refractivity (Wildman–Crippen MR) is 208 cm³/mol. The van der Waals surface area contributed by atoms with Gasteiger partial charge >= 0.3 is 0 Å². The van der Waals surface area contributed by atoms with Crippen molar-refractivity contribution < 1.29 is 0 Å². The Morgan fingerprint density at radius 3 is 1.57 bits per heavy atom. The summed E-state index contributed by atoms with van der Waals surface area (Å²) in [6.07, 6.45) is 1.73.